The SMILES string of the molecule is COc1cccc(S(=O)(=O)NC(=O)CCCCCNC(=O)NC2CCCCC2)c1. The molecule has 0 heterocycles. The fourth-order valence-electron chi connectivity index (χ4n) is 3.30. The Hall–Kier alpha value is -2.29. The molecule has 29 heavy (non-hydrogen) atoms. The topological polar surface area (TPSA) is 114 Å². The lowest BCUT2D eigenvalue weighted by atomic mass is 9.96. The van der Waals surface area contributed by atoms with E-state index in [1.807, 2.05) is 0 Å². The number of amides is 3. The molecule has 8 nitrogen and oxygen atoms in total. The molecule has 0 aromatic heterocycles. The summed E-state index contributed by atoms with van der Waals surface area (Å²) in [4.78, 5) is 23.8. The monoisotopic (exact) mass is 425 g/mol. The maximum absolute atomic E-state index is 12.2. The van der Waals surface area contributed by atoms with E-state index in [0.717, 1.165) is 25.7 Å². The van der Waals surface area contributed by atoms with Crippen molar-refractivity contribution in [2.75, 3.05) is 13.7 Å². The van der Waals surface area contributed by atoms with Gasteiger partial charge in [0.15, 0.2) is 0 Å². The quantitative estimate of drug-likeness (QED) is 0.499. The largest absolute Gasteiger partial charge is 0.497 e. The standard InChI is InChI=1S/C20H31N3O5S/c1-28-17-11-8-12-18(15-17)29(26,27)23-19(24)13-6-3-7-14-21-20(25)22-16-9-4-2-5-10-16/h8,11-12,15-16H,2-7,9-10,13-14H2,1H3,(H,23,24)(H2,21,22,25). The van der Waals surface area contributed by atoms with Crippen LogP contribution in [0.3, 0.4) is 0 Å². The van der Waals surface area contributed by atoms with Crippen molar-refractivity contribution in [1.29, 1.82) is 0 Å². The molecule has 162 valence electrons. The van der Waals surface area contributed by atoms with E-state index in [0.29, 0.717) is 18.7 Å². The van der Waals surface area contributed by atoms with Crippen LogP contribution in [0.25, 0.3) is 0 Å². The number of urea groups is 1. The number of rotatable bonds is 10. The second kappa shape index (κ2) is 11.6. The molecular formula is C20H31N3O5S. The van der Waals surface area contributed by atoms with Crippen LogP contribution in [0.15, 0.2) is 29.2 Å². The van der Waals surface area contributed by atoms with Crippen LogP contribution in [0.4, 0.5) is 4.79 Å². The number of ether oxygens (including phenoxy) is 1. The van der Waals surface area contributed by atoms with Gasteiger partial charge >= 0.3 is 6.03 Å². The van der Waals surface area contributed by atoms with E-state index in [1.165, 1.54) is 38.5 Å². The third kappa shape index (κ3) is 8.31. The number of carbonyl (C=O) groups is 2. The van der Waals surface area contributed by atoms with Crippen molar-refractivity contribution >= 4 is 22.0 Å². The summed E-state index contributed by atoms with van der Waals surface area (Å²) in [7, 11) is -2.47. The van der Waals surface area contributed by atoms with Crippen LogP contribution < -0.4 is 20.1 Å². The van der Waals surface area contributed by atoms with E-state index in [9.17, 15) is 18.0 Å². The number of hydrogen-bond donors (Lipinski definition) is 3. The van der Waals surface area contributed by atoms with Gasteiger partial charge in [-0.05, 0) is 37.8 Å². The number of methoxy groups -OCH3 is 1. The summed E-state index contributed by atoms with van der Waals surface area (Å²) >= 11 is 0. The van der Waals surface area contributed by atoms with E-state index in [-0.39, 0.29) is 23.4 Å². The third-order valence-corrected chi connectivity index (χ3v) is 6.28. The zero-order valence-corrected chi connectivity index (χ0v) is 17.7. The third-order valence-electron chi connectivity index (χ3n) is 4.91. The fourth-order valence-corrected chi connectivity index (χ4v) is 4.35. The van der Waals surface area contributed by atoms with Crippen molar-refractivity contribution in [2.24, 2.45) is 0 Å². The van der Waals surface area contributed by atoms with Gasteiger partial charge in [0.25, 0.3) is 10.0 Å². The number of benzene rings is 1. The molecule has 1 aliphatic rings. The Bertz CT molecular complexity index is 776. The van der Waals surface area contributed by atoms with Crippen LogP contribution >= 0.6 is 0 Å². The summed E-state index contributed by atoms with van der Waals surface area (Å²) < 4.78 is 31.6. The molecule has 2 rings (SSSR count). The van der Waals surface area contributed by atoms with Crippen molar-refractivity contribution in [3.05, 3.63) is 24.3 Å². The fraction of sp³-hybridized carbons (Fsp3) is 0.600. The molecule has 0 bridgehead atoms. The zero-order chi connectivity index (χ0) is 21.1. The van der Waals surface area contributed by atoms with Gasteiger partial charge in [-0.1, -0.05) is 31.7 Å². The molecule has 9 heteroatoms. The summed E-state index contributed by atoms with van der Waals surface area (Å²) in [6.07, 6.45) is 7.77. The first-order chi connectivity index (χ1) is 13.9. The number of sulfonamides is 1. The Balaban J connectivity index is 1.60. The first kappa shape index (κ1) is 23.0. The lowest BCUT2D eigenvalue weighted by Gasteiger charge is -2.22. The number of carbonyl (C=O) groups excluding carboxylic acids is 2. The minimum absolute atomic E-state index is 0.0154. The highest BCUT2D eigenvalue weighted by Crippen LogP contribution is 2.18. The van der Waals surface area contributed by atoms with Crippen molar-refractivity contribution in [3.8, 4) is 5.75 Å². The van der Waals surface area contributed by atoms with Crippen LogP contribution in [0.2, 0.25) is 0 Å². The Morgan fingerprint density at radius 1 is 1.10 bits per heavy atom. The van der Waals surface area contributed by atoms with E-state index >= 15 is 0 Å². The van der Waals surface area contributed by atoms with Gasteiger partial charge in [-0.3, -0.25) is 4.79 Å². The molecule has 0 unspecified atom stereocenters. The summed E-state index contributed by atoms with van der Waals surface area (Å²) in [6, 6.07) is 6.08. The molecule has 1 aromatic rings. The van der Waals surface area contributed by atoms with Gasteiger partial charge in [0, 0.05) is 25.1 Å². The lowest BCUT2D eigenvalue weighted by molar-refractivity contribution is -0.119. The Morgan fingerprint density at radius 3 is 2.59 bits per heavy atom. The van der Waals surface area contributed by atoms with Gasteiger partial charge < -0.3 is 15.4 Å². The molecule has 1 aliphatic carbocycles. The normalized spacial score (nSPS) is 14.8. The van der Waals surface area contributed by atoms with Gasteiger partial charge in [-0.2, -0.15) is 0 Å². The zero-order valence-electron chi connectivity index (χ0n) is 16.9. The van der Waals surface area contributed by atoms with E-state index < -0.39 is 15.9 Å². The molecule has 1 aromatic carbocycles. The molecule has 0 spiro atoms. The molecule has 1 saturated carbocycles. The minimum atomic E-state index is -3.91. The number of hydrogen-bond acceptors (Lipinski definition) is 5. The first-order valence-corrected chi connectivity index (χ1v) is 11.6. The second-order valence-electron chi connectivity index (χ2n) is 7.25. The first-order valence-electron chi connectivity index (χ1n) is 10.1. The average molecular weight is 426 g/mol. The van der Waals surface area contributed by atoms with Crippen molar-refractivity contribution in [1.82, 2.24) is 15.4 Å². The predicted octanol–water partition coefficient (Wildman–Crippen LogP) is 2.69. The number of unbranched alkanes of at least 4 members (excludes halogenated alkanes) is 2. The van der Waals surface area contributed by atoms with E-state index in [4.69, 9.17) is 4.74 Å². The van der Waals surface area contributed by atoms with Gasteiger partial charge in [-0.25, -0.2) is 17.9 Å². The maximum atomic E-state index is 12.2. The summed E-state index contributed by atoms with van der Waals surface area (Å²) in [5, 5.41) is 5.82. The molecule has 0 saturated heterocycles. The van der Waals surface area contributed by atoms with Gasteiger partial charge in [0.1, 0.15) is 5.75 Å². The summed E-state index contributed by atoms with van der Waals surface area (Å²) in [5.41, 5.74) is 0. The van der Waals surface area contributed by atoms with Gasteiger partial charge in [0.05, 0.1) is 12.0 Å². The van der Waals surface area contributed by atoms with Gasteiger partial charge in [0.2, 0.25) is 5.91 Å². The Labute approximate surface area is 172 Å². The van der Waals surface area contributed by atoms with Crippen molar-refractivity contribution in [3.63, 3.8) is 0 Å². The number of nitrogens with one attached hydrogen (secondary N) is 3. The van der Waals surface area contributed by atoms with Crippen molar-refractivity contribution in [2.45, 2.75) is 68.7 Å². The molecule has 3 N–H and O–H groups in total. The molecule has 0 atom stereocenters. The highest BCUT2D eigenvalue weighted by molar-refractivity contribution is 7.90. The predicted molar refractivity (Wildman–Crippen MR) is 110 cm³/mol. The molecule has 3 amide bonds. The molecule has 0 radical (unpaired) electrons. The highest BCUT2D eigenvalue weighted by atomic mass is 32.2. The maximum Gasteiger partial charge on any atom is 0.315 e. The van der Waals surface area contributed by atoms with E-state index in [2.05, 4.69) is 15.4 Å². The smallest absolute Gasteiger partial charge is 0.315 e. The van der Waals surface area contributed by atoms with Crippen LogP contribution in [-0.2, 0) is 14.8 Å². The second-order valence-corrected chi connectivity index (χ2v) is 8.94. The Kier molecular flexibility index (Phi) is 9.24. The minimum Gasteiger partial charge on any atom is -0.497 e. The van der Waals surface area contributed by atoms with Crippen LogP contribution in [0.1, 0.15) is 57.8 Å². The van der Waals surface area contributed by atoms with Crippen molar-refractivity contribution < 1.29 is 22.7 Å². The van der Waals surface area contributed by atoms with Crippen LogP contribution in [0.5, 0.6) is 5.75 Å². The Morgan fingerprint density at radius 2 is 1.86 bits per heavy atom. The van der Waals surface area contributed by atoms with Crippen LogP contribution in [0, 0.1) is 0 Å². The summed E-state index contributed by atoms with van der Waals surface area (Å²) in [6.45, 7) is 0.530. The molecule has 0 aliphatic heterocycles. The molecular weight excluding hydrogens is 394 g/mol. The lowest BCUT2D eigenvalue weighted by Crippen LogP contribution is -2.43. The highest BCUT2D eigenvalue weighted by Gasteiger charge is 2.18. The van der Waals surface area contributed by atoms with Crippen LogP contribution in [-0.4, -0.2) is 40.1 Å². The summed E-state index contributed by atoms with van der Waals surface area (Å²) in [5.74, 6) is -0.142. The van der Waals surface area contributed by atoms with E-state index in [1.54, 1.807) is 12.1 Å². The molecule has 1 fully saturated rings. The average Bonchev–Trinajstić information content (AvgIpc) is 2.71. The van der Waals surface area contributed by atoms with Gasteiger partial charge in [-0.15, -0.1) is 0 Å².